The molecule has 2 aromatic rings. The van der Waals surface area contributed by atoms with E-state index in [0.717, 1.165) is 32.3 Å². The van der Waals surface area contributed by atoms with Gasteiger partial charge in [0.05, 0.1) is 11.3 Å². The van der Waals surface area contributed by atoms with Crippen molar-refractivity contribution in [3.63, 3.8) is 0 Å². The van der Waals surface area contributed by atoms with E-state index in [0.29, 0.717) is 0 Å². The van der Waals surface area contributed by atoms with E-state index in [4.69, 9.17) is 0 Å². The van der Waals surface area contributed by atoms with Crippen molar-refractivity contribution in [2.75, 3.05) is 5.32 Å². The number of nitrogens with one attached hydrogen (secondary N) is 1. The molecular formula is C15H12Br2F3N. The highest BCUT2D eigenvalue weighted by Crippen LogP contribution is 2.32. The number of rotatable bonds is 3. The van der Waals surface area contributed by atoms with Crippen LogP contribution in [0.25, 0.3) is 0 Å². The first-order chi connectivity index (χ1) is 9.77. The number of anilines is 1. The van der Waals surface area contributed by atoms with E-state index in [1.807, 2.05) is 25.1 Å². The molecule has 2 aromatic carbocycles. The van der Waals surface area contributed by atoms with Crippen LogP contribution in [-0.4, -0.2) is 0 Å². The molecule has 0 bridgehead atoms. The third-order valence-corrected chi connectivity index (χ3v) is 4.22. The molecule has 1 atom stereocenters. The van der Waals surface area contributed by atoms with E-state index < -0.39 is 11.7 Å². The van der Waals surface area contributed by atoms with E-state index in [2.05, 4.69) is 37.2 Å². The van der Waals surface area contributed by atoms with Crippen molar-refractivity contribution in [2.24, 2.45) is 0 Å². The van der Waals surface area contributed by atoms with Crippen molar-refractivity contribution in [2.45, 2.75) is 19.1 Å². The first-order valence-corrected chi connectivity index (χ1v) is 7.75. The summed E-state index contributed by atoms with van der Waals surface area (Å²) in [5, 5.41) is 3.27. The molecule has 0 fully saturated rings. The number of alkyl halides is 3. The molecule has 1 unspecified atom stereocenters. The van der Waals surface area contributed by atoms with Crippen molar-refractivity contribution in [1.29, 1.82) is 0 Å². The average molecular weight is 423 g/mol. The number of hydrogen-bond acceptors (Lipinski definition) is 1. The van der Waals surface area contributed by atoms with Crippen LogP contribution in [0.5, 0.6) is 0 Å². The van der Waals surface area contributed by atoms with Gasteiger partial charge in [0, 0.05) is 15.0 Å². The van der Waals surface area contributed by atoms with Gasteiger partial charge in [-0.3, -0.25) is 0 Å². The average Bonchev–Trinajstić information content (AvgIpc) is 2.42. The first kappa shape index (κ1) is 16.4. The van der Waals surface area contributed by atoms with Crippen molar-refractivity contribution < 1.29 is 13.2 Å². The van der Waals surface area contributed by atoms with Crippen LogP contribution < -0.4 is 5.32 Å². The number of benzene rings is 2. The second-order valence-corrected chi connectivity index (χ2v) is 6.38. The number of halogens is 5. The van der Waals surface area contributed by atoms with Crippen LogP contribution in [0.2, 0.25) is 0 Å². The smallest absolute Gasteiger partial charge is 0.378 e. The molecule has 0 amide bonds. The molecule has 2 rings (SSSR count). The highest BCUT2D eigenvalue weighted by atomic mass is 79.9. The van der Waals surface area contributed by atoms with E-state index in [-0.39, 0.29) is 6.04 Å². The summed E-state index contributed by atoms with van der Waals surface area (Å²) in [6.45, 7) is 1.90. The van der Waals surface area contributed by atoms with Crippen molar-refractivity contribution >= 4 is 37.5 Å². The standard InChI is InChI=1S/C15H12Br2F3N/c1-9(21-14-8-12(16)6-7-13(14)17)10-2-4-11(5-3-10)15(18,19)20/h2-9,21H,1H3. The summed E-state index contributed by atoms with van der Waals surface area (Å²) < 4.78 is 39.4. The summed E-state index contributed by atoms with van der Waals surface area (Å²) in [4.78, 5) is 0. The van der Waals surface area contributed by atoms with Crippen molar-refractivity contribution in [1.82, 2.24) is 0 Å². The van der Waals surface area contributed by atoms with Gasteiger partial charge in [-0.1, -0.05) is 28.1 Å². The topological polar surface area (TPSA) is 12.0 Å². The van der Waals surface area contributed by atoms with E-state index in [9.17, 15) is 13.2 Å². The van der Waals surface area contributed by atoms with Crippen LogP contribution in [0.3, 0.4) is 0 Å². The summed E-state index contributed by atoms with van der Waals surface area (Å²) in [6.07, 6.45) is -4.30. The Morgan fingerprint density at radius 3 is 2.19 bits per heavy atom. The van der Waals surface area contributed by atoms with E-state index >= 15 is 0 Å². The zero-order valence-electron chi connectivity index (χ0n) is 11.0. The fourth-order valence-electron chi connectivity index (χ4n) is 1.89. The lowest BCUT2D eigenvalue weighted by atomic mass is 10.1. The Kier molecular flexibility index (Phi) is 4.99. The molecule has 0 aromatic heterocycles. The summed E-state index contributed by atoms with van der Waals surface area (Å²) in [5.41, 5.74) is 1.02. The third kappa shape index (κ3) is 4.23. The summed E-state index contributed by atoms with van der Waals surface area (Å²) in [5.74, 6) is 0. The minimum atomic E-state index is -4.30. The summed E-state index contributed by atoms with van der Waals surface area (Å²) in [6, 6.07) is 10.8. The molecule has 0 saturated heterocycles. The van der Waals surface area contributed by atoms with Crippen molar-refractivity contribution in [3.8, 4) is 0 Å². The second kappa shape index (κ2) is 6.40. The molecule has 1 nitrogen and oxygen atoms in total. The molecule has 112 valence electrons. The Balaban J connectivity index is 2.17. The maximum atomic E-state index is 12.5. The minimum Gasteiger partial charge on any atom is -0.378 e. The largest absolute Gasteiger partial charge is 0.416 e. The van der Waals surface area contributed by atoms with Crippen molar-refractivity contribution in [3.05, 3.63) is 62.5 Å². The molecule has 1 N–H and O–H groups in total. The van der Waals surface area contributed by atoms with E-state index in [1.165, 1.54) is 12.1 Å². The lowest BCUT2D eigenvalue weighted by Gasteiger charge is -2.18. The maximum absolute atomic E-state index is 12.5. The van der Waals surface area contributed by atoms with Gasteiger partial charge in [0.25, 0.3) is 0 Å². The van der Waals surface area contributed by atoms with Crippen LogP contribution in [-0.2, 0) is 6.18 Å². The van der Waals surface area contributed by atoms with Gasteiger partial charge in [0.2, 0.25) is 0 Å². The van der Waals surface area contributed by atoms with Gasteiger partial charge in [-0.25, -0.2) is 0 Å². The van der Waals surface area contributed by atoms with Gasteiger partial charge in [-0.05, 0) is 58.7 Å². The van der Waals surface area contributed by atoms with Gasteiger partial charge >= 0.3 is 6.18 Å². The fourth-order valence-corrected chi connectivity index (χ4v) is 2.61. The van der Waals surface area contributed by atoms with Crippen LogP contribution in [0.1, 0.15) is 24.1 Å². The van der Waals surface area contributed by atoms with Gasteiger partial charge in [0.1, 0.15) is 0 Å². The molecule has 0 aliphatic heterocycles. The predicted octanol–water partition coefficient (Wildman–Crippen LogP) is 6.40. The fraction of sp³-hybridized carbons (Fsp3) is 0.200. The normalized spacial score (nSPS) is 13.0. The molecule has 6 heteroatoms. The molecule has 0 saturated carbocycles. The molecule has 0 radical (unpaired) electrons. The molecule has 21 heavy (non-hydrogen) atoms. The maximum Gasteiger partial charge on any atom is 0.416 e. The van der Waals surface area contributed by atoms with Crippen LogP contribution in [0.15, 0.2) is 51.4 Å². The first-order valence-electron chi connectivity index (χ1n) is 6.16. The lowest BCUT2D eigenvalue weighted by molar-refractivity contribution is -0.137. The summed E-state index contributed by atoms with van der Waals surface area (Å²) >= 11 is 6.83. The molecule has 0 spiro atoms. The zero-order chi connectivity index (χ0) is 15.6. The van der Waals surface area contributed by atoms with Gasteiger partial charge < -0.3 is 5.32 Å². The second-order valence-electron chi connectivity index (χ2n) is 4.61. The molecule has 0 aliphatic carbocycles. The van der Waals surface area contributed by atoms with Crippen LogP contribution in [0.4, 0.5) is 18.9 Å². The lowest BCUT2D eigenvalue weighted by Crippen LogP contribution is -2.09. The quantitative estimate of drug-likeness (QED) is 0.603. The van der Waals surface area contributed by atoms with Crippen LogP contribution >= 0.6 is 31.9 Å². The third-order valence-electron chi connectivity index (χ3n) is 3.04. The highest BCUT2D eigenvalue weighted by molar-refractivity contribution is 9.11. The monoisotopic (exact) mass is 421 g/mol. The Hall–Kier alpha value is -1.01. The minimum absolute atomic E-state index is 0.113. The Morgan fingerprint density at radius 2 is 1.62 bits per heavy atom. The molecular weight excluding hydrogens is 411 g/mol. The Morgan fingerprint density at radius 1 is 1.00 bits per heavy atom. The Bertz CT molecular complexity index is 624. The van der Waals surface area contributed by atoms with Gasteiger partial charge in [-0.15, -0.1) is 0 Å². The molecule has 0 aliphatic rings. The SMILES string of the molecule is CC(Nc1cc(Br)ccc1Br)c1ccc(C(F)(F)F)cc1. The van der Waals surface area contributed by atoms with Gasteiger partial charge in [0.15, 0.2) is 0 Å². The summed E-state index contributed by atoms with van der Waals surface area (Å²) in [7, 11) is 0. The number of hydrogen-bond donors (Lipinski definition) is 1. The Labute approximate surface area is 137 Å². The highest BCUT2D eigenvalue weighted by Gasteiger charge is 2.30. The predicted molar refractivity (Wildman–Crippen MR) is 85.3 cm³/mol. The molecule has 0 heterocycles. The van der Waals surface area contributed by atoms with Gasteiger partial charge in [-0.2, -0.15) is 13.2 Å². The van der Waals surface area contributed by atoms with Crippen LogP contribution in [0, 0.1) is 0 Å². The van der Waals surface area contributed by atoms with E-state index in [1.54, 1.807) is 0 Å². The zero-order valence-corrected chi connectivity index (χ0v) is 14.2.